The molecular formula is C32H20N2Na4O16S6. The monoisotopic (exact) mass is 972 g/mol. The predicted molar refractivity (Wildman–Crippen MR) is 193 cm³/mol. The molecule has 0 aromatic heterocycles. The summed E-state index contributed by atoms with van der Waals surface area (Å²) in [7, 11) is -30.1. The first kappa shape index (κ1) is 55.1. The van der Waals surface area contributed by atoms with Crippen LogP contribution in [0.15, 0.2) is 139 Å². The van der Waals surface area contributed by atoms with Gasteiger partial charge in [-0.2, -0.15) is 0 Å². The summed E-state index contributed by atoms with van der Waals surface area (Å²) in [5.41, 5.74) is -0.406. The first-order chi connectivity index (χ1) is 25.8. The van der Waals surface area contributed by atoms with Gasteiger partial charge < -0.3 is 18.2 Å². The van der Waals surface area contributed by atoms with Crippen LogP contribution in [0.5, 0.6) is 0 Å². The number of benzene rings is 6. The normalized spacial score (nSPS) is 12.3. The van der Waals surface area contributed by atoms with Crippen LogP contribution in [-0.2, 0) is 60.5 Å². The van der Waals surface area contributed by atoms with E-state index in [9.17, 15) is 68.7 Å². The molecule has 6 aromatic rings. The van der Waals surface area contributed by atoms with E-state index in [1.54, 1.807) is 0 Å². The second kappa shape index (κ2) is 20.0. The molecule has 28 heteroatoms. The number of hydrogen-bond donors (Lipinski definition) is 2. The smallest absolute Gasteiger partial charge is 0.744 e. The molecule has 0 saturated carbocycles. The standard InChI is InChI=1S/C32H24N2O16S6.4Na/c35-51(36,33-21-15-27-25(31(17-21)55(45,46)47)3-1-5-29(27)53(39,40)41)23-11-7-19(8-12-23)20-9-13-24(14-10-20)52(37,38)34-22-16-28-26(32(18-22)56(48,49)50)4-2-6-30(28)54(42,43)44;;;;/h1-18,33-34H,(H,39,40,41)(H,42,43,44)(H,45,46,47)(H,48,49,50);;;;/q;4*+1/p-4. The third-order valence-corrected chi connectivity index (χ3v) is 14.4. The molecule has 0 fully saturated rings. The van der Waals surface area contributed by atoms with Crippen LogP contribution in [0.3, 0.4) is 0 Å². The van der Waals surface area contributed by atoms with Gasteiger partial charge in [0.1, 0.15) is 40.5 Å². The van der Waals surface area contributed by atoms with Crippen LogP contribution in [0, 0.1) is 0 Å². The first-order valence-corrected chi connectivity index (χ1v) is 23.6. The molecule has 294 valence electrons. The third-order valence-electron chi connectivity index (χ3n) is 8.08. The fraction of sp³-hybridized carbons (Fsp3) is 0. The summed E-state index contributed by atoms with van der Waals surface area (Å²) < 4.78 is 200. The van der Waals surface area contributed by atoms with Crippen LogP contribution in [0.25, 0.3) is 32.7 Å². The van der Waals surface area contributed by atoms with Crippen molar-refractivity contribution in [2.24, 2.45) is 0 Å². The van der Waals surface area contributed by atoms with Crippen molar-refractivity contribution < 1.29 is 187 Å². The molecule has 60 heavy (non-hydrogen) atoms. The number of rotatable bonds is 11. The van der Waals surface area contributed by atoms with Crippen molar-refractivity contribution in [1.82, 2.24) is 0 Å². The van der Waals surface area contributed by atoms with E-state index in [-0.39, 0.29) is 118 Å². The largest absolute Gasteiger partial charge is 1.00 e. The number of anilines is 2. The summed E-state index contributed by atoms with van der Waals surface area (Å²) in [6.45, 7) is 0. The minimum atomic E-state index is -5.31. The topological polar surface area (TPSA) is 321 Å². The van der Waals surface area contributed by atoms with Gasteiger partial charge in [-0.05, 0) is 71.8 Å². The van der Waals surface area contributed by atoms with Gasteiger partial charge in [0.25, 0.3) is 20.0 Å². The molecular weight excluding hydrogens is 953 g/mol. The SMILES string of the molecule is O=S(=O)([O-])c1cc(NS(=O)(=O)c2ccc(-c3ccc(S(=O)(=O)Nc4cc(S(=O)(=O)[O-])c5cccc(S(=O)(=O)[O-])c5c4)cc3)cc2)cc2c(S(=O)(=O)[O-])cccc12.[Na+].[Na+].[Na+].[Na+]. The summed E-state index contributed by atoms with van der Waals surface area (Å²) in [5, 5.41) is -1.89. The Balaban J connectivity index is 0.00000310. The zero-order chi connectivity index (χ0) is 41.2. The fourth-order valence-electron chi connectivity index (χ4n) is 5.70. The van der Waals surface area contributed by atoms with E-state index in [4.69, 9.17) is 0 Å². The van der Waals surface area contributed by atoms with E-state index in [2.05, 4.69) is 9.44 Å². The fourth-order valence-corrected chi connectivity index (χ4v) is 10.6. The predicted octanol–water partition coefficient (Wildman–Crippen LogP) is -9.11. The van der Waals surface area contributed by atoms with Crippen LogP contribution in [0.2, 0.25) is 0 Å². The molecule has 6 aromatic carbocycles. The van der Waals surface area contributed by atoms with Crippen LogP contribution in [0.4, 0.5) is 11.4 Å². The van der Waals surface area contributed by atoms with Crippen molar-refractivity contribution >= 4 is 93.4 Å². The van der Waals surface area contributed by atoms with E-state index in [0.717, 1.165) is 72.8 Å². The van der Waals surface area contributed by atoms with Gasteiger partial charge in [-0.15, -0.1) is 0 Å². The molecule has 0 bridgehead atoms. The van der Waals surface area contributed by atoms with Crippen molar-refractivity contribution in [1.29, 1.82) is 0 Å². The zero-order valence-electron chi connectivity index (χ0n) is 31.4. The Hall–Kier alpha value is -1.02. The molecule has 0 aliphatic rings. The van der Waals surface area contributed by atoms with E-state index in [1.165, 1.54) is 24.3 Å². The molecule has 2 N–H and O–H groups in total. The Kier molecular flexibility index (Phi) is 18.4. The summed E-state index contributed by atoms with van der Waals surface area (Å²) in [6.07, 6.45) is 0. The van der Waals surface area contributed by atoms with Crippen molar-refractivity contribution in [3.8, 4) is 11.1 Å². The van der Waals surface area contributed by atoms with Crippen LogP contribution in [-0.4, -0.2) is 68.7 Å². The average molecular weight is 973 g/mol. The number of fused-ring (bicyclic) bond motifs is 2. The molecule has 0 aliphatic heterocycles. The molecule has 0 radical (unpaired) electrons. The number of hydrogen-bond acceptors (Lipinski definition) is 16. The average Bonchev–Trinajstić information content (AvgIpc) is 3.08. The summed E-state index contributed by atoms with van der Waals surface area (Å²) >= 11 is 0. The van der Waals surface area contributed by atoms with Gasteiger partial charge in [-0.25, -0.2) is 50.5 Å². The molecule has 6 rings (SSSR count). The van der Waals surface area contributed by atoms with Gasteiger partial charge >= 0.3 is 118 Å². The van der Waals surface area contributed by atoms with Crippen molar-refractivity contribution in [2.75, 3.05) is 9.44 Å². The Morgan fingerprint density at radius 2 is 0.617 bits per heavy atom. The Bertz CT molecular complexity index is 3100. The minimum Gasteiger partial charge on any atom is -0.744 e. The maximum atomic E-state index is 13.3. The van der Waals surface area contributed by atoms with Gasteiger partial charge in [0.15, 0.2) is 0 Å². The molecule has 0 unspecified atom stereocenters. The van der Waals surface area contributed by atoms with E-state index < -0.39 is 123 Å². The first-order valence-electron chi connectivity index (χ1n) is 15.0. The Morgan fingerprint density at radius 1 is 0.333 bits per heavy atom. The molecule has 0 atom stereocenters. The van der Waals surface area contributed by atoms with Crippen LogP contribution >= 0.6 is 0 Å². The van der Waals surface area contributed by atoms with Gasteiger partial charge in [-0.3, -0.25) is 9.44 Å². The third kappa shape index (κ3) is 12.2. The van der Waals surface area contributed by atoms with Crippen molar-refractivity contribution in [3.05, 3.63) is 109 Å². The van der Waals surface area contributed by atoms with Crippen molar-refractivity contribution in [3.63, 3.8) is 0 Å². The minimum absolute atomic E-state index is 0. The molecule has 0 amide bonds. The van der Waals surface area contributed by atoms with Gasteiger partial charge in [0.2, 0.25) is 0 Å². The number of sulfonamides is 2. The quantitative estimate of drug-likeness (QED) is 0.0900. The Labute approximate surface area is 433 Å². The summed E-state index contributed by atoms with van der Waals surface area (Å²) in [6, 6.07) is 18.7. The molecule has 0 spiro atoms. The van der Waals surface area contributed by atoms with E-state index >= 15 is 0 Å². The van der Waals surface area contributed by atoms with Crippen LogP contribution in [0.1, 0.15) is 0 Å². The van der Waals surface area contributed by atoms with Gasteiger partial charge in [-0.1, -0.05) is 48.5 Å². The number of nitrogens with one attached hydrogen (secondary N) is 2. The van der Waals surface area contributed by atoms with Crippen molar-refractivity contribution in [2.45, 2.75) is 29.4 Å². The van der Waals surface area contributed by atoms with Gasteiger partial charge in [0, 0.05) is 21.5 Å². The van der Waals surface area contributed by atoms with E-state index in [0.29, 0.717) is 23.3 Å². The van der Waals surface area contributed by atoms with E-state index in [1.807, 2.05) is 0 Å². The maximum absolute atomic E-state index is 13.3. The van der Waals surface area contributed by atoms with Gasteiger partial charge in [0.05, 0.1) is 40.7 Å². The van der Waals surface area contributed by atoms with Crippen LogP contribution < -0.4 is 128 Å². The maximum Gasteiger partial charge on any atom is 1.00 e. The molecule has 0 saturated heterocycles. The molecule has 18 nitrogen and oxygen atoms in total. The summed E-state index contributed by atoms with van der Waals surface area (Å²) in [4.78, 5) is -4.58. The Morgan fingerprint density at radius 3 is 0.883 bits per heavy atom. The second-order valence-corrected chi connectivity index (χ2v) is 20.5. The second-order valence-electron chi connectivity index (χ2n) is 11.7. The summed E-state index contributed by atoms with van der Waals surface area (Å²) in [5.74, 6) is 0. The molecule has 0 aliphatic carbocycles. The molecule has 0 heterocycles. The zero-order valence-corrected chi connectivity index (χ0v) is 44.3.